The number of unbranched alkanes of at least 4 members (excludes halogenated alkanes) is 2. The van der Waals surface area contributed by atoms with E-state index in [2.05, 4.69) is 23.8 Å². The summed E-state index contributed by atoms with van der Waals surface area (Å²) in [5.74, 6) is -0.304. The standard InChI is InChI=1S/C24H23F3O/c1-2-3-4-5-17-6-8-18(9-7-17)20-12-15-22(23(25)16-20)19-10-13-21(14-11-19)28-24(26)27/h6-16,24H,2-5H2,1H3. The first-order chi connectivity index (χ1) is 13.6. The largest absolute Gasteiger partial charge is 0.435 e. The molecule has 1 nitrogen and oxygen atoms in total. The average Bonchev–Trinajstić information content (AvgIpc) is 2.69. The Bertz CT molecular complexity index is 887. The first-order valence-corrected chi connectivity index (χ1v) is 9.51. The van der Waals surface area contributed by atoms with Gasteiger partial charge in [0.05, 0.1) is 0 Å². The molecule has 0 saturated carbocycles. The maximum atomic E-state index is 14.7. The van der Waals surface area contributed by atoms with Crippen LogP contribution >= 0.6 is 0 Å². The van der Waals surface area contributed by atoms with Crippen LogP contribution in [0.2, 0.25) is 0 Å². The summed E-state index contributed by atoms with van der Waals surface area (Å²) in [6, 6.07) is 19.3. The van der Waals surface area contributed by atoms with Crippen molar-refractivity contribution in [1.29, 1.82) is 0 Å². The van der Waals surface area contributed by atoms with Crippen molar-refractivity contribution < 1.29 is 17.9 Å². The Morgan fingerprint density at radius 3 is 2.04 bits per heavy atom. The minimum absolute atomic E-state index is 0.0507. The number of hydrogen-bond donors (Lipinski definition) is 0. The van der Waals surface area contributed by atoms with Crippen LogP contribution in [0.25, 0.3) is 22.3 Å². The second kappa shape index (κ2) is 9.45. The number of aryl methyl sites for hydroxylation is 1. The Hall–Kier alpha value is -2.75. The molecule has 0 fully saturated rings. The summed E-state index contributed by atoms with van der Waals surface area (Å²) in [6.45, 7) is -0.688. The van der Waals surface area contributed by atoms with Gasteiger partial charge in [-0.1, -0.05) is 68.3 Å². The number of alkyl halides is 2. The van der Waals surface area contributed by atoms with Crippen molar-refractivity contribution in [1.82, 2.24) is 0 Å². The van der Waals surface area contributed by atoms with E-state index < -0.39 is 6.61 Å². The van der Waals surface area contributed by atoms with Crippen LogP contribution in [-0.4, -0.2) is 6.61 Å². The molecular weight excluding hydrogens is 361 g/mol. The molecule has 146 valence electrons. The smallest absolute Gasteiger partial charge is 0.387 e. The summed E-state index contributed by atoms with van der Waals surface area (Å²) >= 11 is 0. The first-order valence-electron chi connectivity index (χ1n) is 9.51. The number of halogens is 3. The summed E-state index contributed by atoms with van der Waals surface area (Å²) in [7, 11) is 0. The van der Waals surface area contributed by atoms with E-state index in [0.717, 1.165) is 17.5 Å². The van der Waals surface area contributed by atoms with E-state index in [-0.39, 0.29) is 11.6 Å². The predicted molar refractivity (Wildman–Crippen MR) is 107 cm³/mol. The molecule has 3 rings (SSSR count). The maximum absolute atomic E-state index is 14.7. The van der Waals surface area contributed by atoms with E-state index in [9.17, 15) is 13.2 Å². The molecule has 0 amide bonds. The summed E-state index contributed by atoms with van der Waals surface area (Å²) in [6.07, 6.45) is 4.67. The van der Waals surface area contributed by atoms with E-state index in [1.807, 2.05) is 18.2 Å². The van der Waals surface area contributed by atoms with Gasteiger partial charge in [-0.2, -0.15) is 8.78 Å². The quantitative estimate of drug-likeness (QED) is 0.366. The van der Waals surface area contributed by atoms with Crippen LogP contribution in [0.5, 0.6) is 5.75 Å². The van der Waals surface area contributed by atoms with Crippen molar-refractivity contribution in [3.05, 3.63) is 78.1 Å². The monoisotopic (exact) mass is 384 g/mol. The lowest BCUT2D eigenvalue weighted by molar-refractivity contribution is -0.0498. The van der Waals surface area contributed by atoms with Crippen LogP contribution in [0, 0.1) is 5.82 Å². The van der Waals surface area contributed by atoms with Crippen molar-refractivity contribution >= 4 is 0 Å². The Morgan fingerprint density at radius 2 is 1.43 bits per heavy atom. The summed E-state index contributed by atoms with van der Waals surface area (Å²) in [5.41, 5.74) is 4.09. The zero-order valence-corrected chi connectivity index (χ0v) is 15.8. The molecule has 4 heteroatoms. The molecule has 0 aliphatic heterocycles. The minimum Gasteiger partial charge on any atom is -0.435 e. The second-order valence-corrected chi connectivity index (χ2v) is 6.75. The number of ether oxygens (including phenoxy) is 1. The van der Waals surface area contributed by atoms with Crippen molar-refractivity contribution in [2.24, 2.45) is 0 Å². The first kappa shape index (κ1) is 20.0. The van der Waals surface area contributed by atoms with Gasteiger partial charge in [-0.25, -0.2) is 4.39 Å². The number of hydrogen-bond acceptors (Lipinski definition) is 1. The van der Waals surface area contributed by atoms with Crippen LogP contribution in [0.3, 0.4) is 0 Å². The number of benzene rings is 3. The topological polar surface area (TPSA) is 9.23 Å². The summed E-state index contributed by atoms with van der Waals surface area (Å²) < 4.78 is 43.5. The van der Waals surface area contributed by atoms with E-state index in [0.29, 0.717) is 11.1 Å². The third kappa shape index (κ3) is 5.16. The maximum Gasteiger partial charge on any atom is 0.387 e. The molecule has 0 aliphatic rings. The lowest BCUT2D eigenvalue weighted by Gasteiger charge is -2.09. The van der Waals surface area contributed by atoms with Gasteiger partial charge < -0.3 is 4.74 Å². The van der Waals surface area contributed by atoms with Gasteiger partial charge in [-0.3, -0.25) is 0 Å². The van der Waals surface area contributed by atoms with E-state index >= 15 is 0 Å². The van der Waals surface area contributed by atoms with Crippen molar-refractivity contribution in [2.75, 3.05) is 0 Å². The van der Waals surface area contributed by atoms with E-state index in [4.69, 9.17) is 0 Å². The van der Waals surface area contributed by atoms with Crippen LogP contribution in [-0.2, 0) is 6.42 Å². The Kier molecular flexibility index (Phi) is 6.75. The molecule has 0 aliphatic carbocycles. The normalized spacial score (nSPS) is 11.0. The highest BCUT2D eigenvalue weighted by Gasteiger charge is 2.09. The number of rotatable bonds is 8. The Balaban J connectivity index is 1.75. The Morgan fingerprint density at radius 1 is 0.786 bits per heavy atom. The fourth-order valence-corrected chi connectivity index (χ4v) is 3.19. The zero-order valence-electron chi connectivity index (χ0n) is 15.8. The molecule has 0 heterocycles. The van der Waals surface area contributed by atoms with E-state index in [1.54, 1.807) is 18.2 Å². The third-order valence-electron chi connectivity index (χ3n) is 4.72. The van der Waals surface area contributed by atoms with E-state index in [1.165, 1.54) is 43.0 Å². The Labute approximate surface area is 163 Å². The molecule has 0 unspecified atom stereocenters. The molecule has 28 heavy (non-hydrogen) atoms. The fraction of sp³-hybridized carbons (Fsp3) is 0.250. The SMILES string of the molecule is CCCCCc1ccc(-c2ccc(-c3ccc(OC(F)F)cc3)c(F)c2)cc1. The van der Waals surface area contributed by atoms with Crippen LogP contribution in [0.15, 0.2) is 66.7 Å². The molecule has 0 aromatic heterocycles. The molecule has 3 aromatic rings. The molecular formula is C24H23F3O. The average molecular weight is 384 g/mol. The zero-order chi connectivity index (χ0) is 19.9. The van der Waals surface area contributed by atoms with Crippen LogP contribution in [0.4, 0.5) is 13.2 Å². The van der Waals surface area contributed by atoms with Gasteiger partial charge in [-0.05, 0) is 53.3 Å². The van der Waals surface area contributed by atoms with Crippen molar-refractivity contribution in [3.8, 4) is 28.0 Å². The van der Waals surface area contributed by atoms with Gasteiger partial charge in [0.2, 0.25) is 0 Å². The van der Waals surface area contributed by atoms with Gasteiger partial charge >= 0.3 is 6.61 Å². The van der Waals surface area contributed by atoms with Crippen molar-refractivity contribution in [3.63, 3.8) is 0 Å². The van der Waals surface area contributed by atoms with Gasteiger partial charge in [0.1, 0.15) is 11.6 Å². The lowest BCUT2D eigenvalue weighted by Crippen LogP contribution is -2.01. The molecule has 0 radical (unpaired) electrons. The second-order valence-electron chi connectivity index (χ2n) is 6.75. The van der Waals surface area contributed by atoms with Crippen LogP contribution < -0.4 is 4.74 Å². The fourth-order valence-electron chi connectivity index (χ4n) is 3.19. The van der Waals surface area contributed by atoms with Gasteiger partial charge in [0.15, 0.2) is 0 Å². The third-order valence-corrected chi connectivity index (χ3v) is 4.72. The molecule has 0 bridgehead atoms. The van der Waals surface area contributed by atoms with Gasteiger partial charge in [-0.15, -0.1) is 0 Å². The lowest BCUT2D eigenvalue weighted by atomic mass is 9.98. The molecule has 0 atom stereocenters. The summed E-state index contributed by atoms with van der Waals surface area (Å²) in [4.78, 5) is 0. The minimum atomic E-state index is -2.88. The molecule has 0 N–H and O–H groups in total. The summed E-state index contributed by atoms with van der Waals surface area (Å²) in [5, 5.41) is 0. The molecule has 0 saturated heterocycles. The highest BCUT2D eigenvalue weighted by atomic mass is 19.3. The van der Waals surface area contributed by atoms with Crippen molar-refractivity contribution in [2.45, 2.75) is 39.2 Å². The predicted octanol–water partition coefficient (Wildman–Crippen LogP) is 7.49. The van der Waals surface area contributed by atoms with Crippen LogP contribution in [0.1, 0.15) is 31.7 Å². The highest BCUT2D eigenvalue weighted by Crippen LogP contribution is 2.29. The van der Waals surface area contributed by atoms with Gasteiger partial charge in [0, 0.05) is 5.56 Å². The molecule has 3 aromatic carbocycles. The highest BCUT2D eigenvalue weighted by molar-refractivity contribution is 5.71. The molecule has 0 spiro atoms. The van der Waals surface area contributed by atoms with Gasteiger partial charge in [0.25, 0.3) is 0 Å².